The summed E-state index contributed by atoms with van der Waals surface area (Å²) in [7, 11) is 0. The first kappa shape index (κ1) is 21.9. The van der Waals surface area contributed by atoms with Crippen molar-refractivity contribution >= 4 is 22.4 Å². The molecule has 0 bridgehead atoms. The number of anilines is 1. The second kappa shape index (κ2) is 9.85. The van der Waals surface area contributed by atoms with Crippen LogP contribution in [0.25, 0.3) is 11.3 Å². The van der Waals surface area contributed by atoms with Crippen molar-refractivity contribution in [1.29, 1.82) is 0 Å². The van der Waals surface area contributed by atoms with Gasteiger partial charge >= 0.3 is 0 Å². The zero-order valence-electron chi connectivity index (χ0n) is 18.4. The fourth-order valence-electron chi connectivity index (χ4n) is 3.97. The minimum atomic E-state index is -0.173. The molecule has 1 amide bonds. The van der Waals surface area contributed by atoms with E-state index in [1.807, 2.05) is 53.9 Å². The van der Waals surface area contributed by atoms with Gasteiger partial charge < -0.3 is 5.32 Å². The number of thiazole rings is 1. The van der Waals surface area contributed by atoms with E-state index < -0.39 is 0 Å². The molecule has 0 fully saturated rings. The second-order valence-electron chi connectivity index (χ2n) is 7.84. The molecular formula is C26H26N4OS. The van der Waals surface area contributed by atoms with Gasteiger partial charge in [0.05, 0.1) is 24.0 Å². The fourth-order valence-corrected chi connectivity index (χ4v) is 4.69. The molecule has 0 aliphatic rings. The maximum absolute atomic E-state index is 12.7. The predicted molar refractivity (Wildman–Crippen MR) is 131 cm³/mol. The number of amides is 1. The molecule has 0 saturated carbocycles. The highest BCUT2D eigenvalue weighted by Crippen LogP contribution is 2.31. The van der Waals surface area contributed by atoms with Crippen LogP contribution in [0.4, 0.5) is 5.13 Å². The average Bonchev–Trinajstić information content (AvgIpc) is 3.22. The highest BCUT2D eigenvalue weighted by molar-refractivity contribution is 7.14. The number of carbonyl (C=O) groups is 1. The minimum absolute atomic E-state index is 0.139. The molecule has 4 aromatic rings. The molecule has 1 atom stereocenters. The SMILES string of the molecule is Cc1cc(C)c(-c2csc(NC(=O)CNC(c3ccccc3)c3ccccn3)n2)c(C)c1. The molecule has 1 unspecified atom stereocenters. The lowest BCUT2D eigenvalue weighted by Gasteiger charge is -2.18. The summed E-state index contributed by atoms with van der Waals surface area (Å²) in [6.45, 7) is 6.43. The first-order valence-electron chi connectivity index (χ1n) is 10.5. The largest absolute Gasteiger partial charge is 0.301 e. The number of carbonyl (C=O) groups excluding carboxylic acids is 1. The molecule has 2 aromatic heterocycles. The molecule has 32 heavy (non-hydrogen) atoms. The number of pyridine rings is 1. The Hall–Kier alpha value is -3.35. The maximum atomic E-state index is 12.7. The van der Waals surface area contributed by atoms with Crippen molar-refractivity contribution < 1.29 is 4.79 Å². The minimum Gasteiger partial charge on any atom is -0.301 e. The number of hydrogen-bond donors (Lipinski definition) is 2. The highest BCUT2D eigenvalue weighted by atomic mass is 32.1. The quantitative estimate of drug-likeness (QED) is 0.399. The molecule has 0 radical (unpaired) electrons. The predicted octanol–water partition coefficient (Wildman–Crippen LogP) is 5.45. The summed E-state index contributed by atoms with van der Waals surface area (Å²) in [6.07, 6.45) is 1.76. The van der Waals surface area contributed by atoms with Gasteiger partial charge in [0.2, 0.25) is 5.91 Å². The van der Waals surface area contributed by atoms with Crippen molar-refractivity contribution in [2.75, 3.05) is 11.9 Å². The third-order valence-corrected chi connectivity index (χ3v) is 6.02. The van der Waals surface area contributed by atoms with E-state index in [0.29, 0.717) is 5.13 Å². The summed E-state index contributed by atoms with van der Waals surface area (Å²) in [5.41, 5.74) is 7.56. The van der Waals surface area contributed by atoms with Crippen LogP contribution in [0.15, 0.2) is 72.2 Å². The van der Waals surface area contributed by atoms with Gasteiger partial charge in [-0.1, -0.05) is 54.1 Å². The number of aromatic nitrogens is 2. The van der Waals surface area contributed by atoms with Crippen LogP contribution < -0.4 is 10.6 Å². The summed E-state index contributed by atoms with van der Waals surface area (Å²) in [5, 5.41) is 8.86. The van der Waals surface area contributed by atoms with E-state index >= 15 is 0 Å². The van der Waals surface area contributed by atoms with E-state index in [1.165, 1.54) is 28.0 Å². The summed E-state index contributed by atoms with van der Waals surface area (Å²) in [4.78, 5) is 21.8. The van der Waals surface area contributed by atoms with Gasteiger partial charge in [0.15, 0.2) is 5.13 Å². The summed E-state index contributed by atoms with van der Waals surface area (Å²) in [5.74, 6) is -0.139. The van der Waals surface area contributed by atoms with Gasteiger partial charge in [-0.25, -0.2) is 4.98 Å². The van der Waals surface area contributed by atoms with Gasteiger partial charge in [0.25, 0.3) is 0 Å². The van der Waals surface area contributed by atoms with E-state index in [9.17, 15) is 4.79 Å². The molecule has 0 aliphatic heterocycles. The topological polar surface area (TPSA) is 66.9 Å². The number of hydrogen-bond acceptors (Lipinski definition) is 5. The maximum Gasteiger partial charge on any atom is 0.240 e. The lowest BCUT2D eigenvalue weighted by atomic mass is 9.98. The van der Waals surface area contributed by atoms with E-state index in [4.69, 9.17) is 0 Å². The number of nitrogens with one attached hydrogen (secondary N) is 2. The van der Waals surface area contributed by atoms with Gasteiger partial charge in [-0.05, 0) is 49.6 Å². The summed E-state index contributed by atoms with van der Waals surface area (Å²) < 4.78 is 0. The molecule has 4 rings (SSSR count). The monoisotopic (exact) mass is 442 g/mol. The molecule has 5 nitrogen and oxygen atoms in total. The van der Waals surface area contributed by atoms with Crippen molar-refractivity contribution in [3.63, 3.8) is 0 Å². The Morgan fingerprint density at radius 2 is 1.72 bits per heavy atom. The first-order valence-corrected chi connectivity index (χ1v) is 11.4. The standard InChI is InChI=1S/C26H26N4OS/c1-17-13-18(2)24(19(3)14-17)22-16-32-26(29-22)30-23(31)15-28-25(20-9-5-4-6-10-20)21-11-7-8-12-27-21/h4-14,16,25,28H,15H2,1-3H3,(H,29,30,31). The third kappa shape index (κ3) is 5.10. The van der Waals surface area contributed by atoms with Crippen LogP contribution in [0, 0.1) is 20.8 Å². The molecule has 2 aromatic carbocycles. The summed E-state index contributed by atoms with van der Waals surface area (Å²) >= 11 is 1.44. The number of benzene rings is 2. The Morgan fingerprint density at radius 3 is 2.41 bits per heavy atom. The second-order valence-corrected chi connectivity index (χ2v) is 8.70. The molecular weight excluding hydrogens is 416 g/mol. The van der Waals surface area contributed by atoms with Crippen LogP contribution in [-0.4, -0.2) is 22.4 Å². The lowest BCUT2D eigenvalue weighted by molar-refractivity contribution is -0.115. The molecule has 0 spiro atoms. The van der Waals surface area contributed by atoms with Crippen molar-refractivity contribution in [2.24, 2.45) is 0 Å². The zero-order valence-corrected chi connectivity index (χ0v) is 19.2. The van der Waals surface area contributed by atoms with Gasteiger partial charge in [-0.2, -0.15) is 0 Å². The van der Waals surface area contributed by atoms with Crippen molar-refractivity contribution in [3.8, 4) is 11.3 Å². The van der Waals surface area contributed by atoms with Crippen molar-refractivity contribution in [3.05, 3.63) is 100 Å². The number of nitrogens with zero attached hydrogens (tertiary/aromatic N) is 2. The Kier molecular flexibility index (Phi) is 6.73. The van der Waals surface area contributed by atoms with E-state index in [0.717, 1.165) is 22.5 Å². The molecule has 6 heteroatoms. The normalized spacial score (nSPS) is 11.8. The van der Waals surface area contributed by atoms with Crippen LogP contribution in [0.3, 0.4) is 0 Å². The van der Waals surface area contributed by atoms with Crippen LogP contribution in [0.1, 0.15) is 34.0 Å². The zero-order chi connectivity index (χ0) is 22.5. The van der Waals surface area contributed by atoms with Gasteiger partial charge in [-0.15, -0.1) is 11.3 Å². The van der Waals surface area contributed by atoms with Crippen molar-refractivity contribution in [2.45, 2.75) is 26.8 Å². The Bertz CT molecular complexity index is 1140. The van der Waals surface area contributed by atoms with E-state index in [2.05, 4.69) is 53.5 Å². The van der Waals surface area contributed by atoms with Crippen molar-refractivity contribution in [1.82, 2.24) is 15.3 Å². The molecule has 0 saturated heterocycles. The van der Waals surface area contributed by atoms with Gasteiger partial charge in [0, 0.05) is 17.1 Å². The first-order chi connectivity index (χ1) is 15.5. The van der Waals surface area contributed by atoms with E-state index in [-0.39, 0.29) is 18.5 Å². The molecule has 0 aliphatic carbocycles. The van der Waals surface area contributed by atoms with Crippen LogP contribution >= 0.6 is 11.3 Å². The fraction of sp³-hybridized carbons (Fsp3) is 0.192. The van der Waals surface area contributed by atoms with Crippen LogP contribution in [0.5, 0.6) is 0 Å². The Labute approximate surface area is 192 Å². The molecule has 2 heterocycles. The highest BCUT2D eigenvalue weighted by Gasteiger charge is 2.17. The smallest absolute Gasteiger partial charge is 0.240 e. The lowest BCUT2D eigenvalue weighted by Crippen LogP contribution is -2.32. The van der Waals surface area contributed by atoms with Crippen LogP contribution in [-0.2, 0) is 4.79 Å². The third-order valence-electron chi connectivity index (χ3n) is 5.27. The Balaban J connectivity index is 1.45. The van der Waals surface area contributed by atoms with Crippen LogP contribution in [0.2, 0.25) is 0 Å². The van der Waals surface area contributed by atoms with Gasteiger partial charge in [-0.3, -0.25) is 15.1 Å². The van der Waals surface area contributed by atoms with Gasteiger partial charge in [0.1, 0.15) is 0 Å². The summed E-state index contributed by atoms with van der Waals surface area (Å²) in [6, 6.07) is 19.9. The molecule has 2 N–H and O–H groups in total. The molecule has 162 valence electrons. The van der Waals surface area contributed by atoms with E-state index in [1.54, 1.807) is 6.20 Å². The Morgan fingerprint density at radius 1 is 1.00 bits per heavy atom. The number of aryl methyl sites for hydroxylation is 3. The average molecular weight is 443 g/mol. The number of rotatable bonds is 7.